The summed E-state index contributed by atoms with van der Waals surface area (Å²) in [5.74, 6) is 0. The normalized spacial score (nSPS) is 16.8. The molecule has 0 radical (unpaired) electrons. The van der Waals surface area contributed by atoms with Crippen LogP contribution in [0.3, 0.4) is 0 Å². The van der Waals surface area contributed by atoms with Crippen molar-refractivity contribution in [3.05, 3.63) is 40.3 Å². The molecule has 4 heteroatoms. The van der Waals surface area contributed by atoms with E-state index in [-0.39, 0.29) is 0 Å². The number of likely N-dealkylation sites (tertiary alicyclic amines) is 1. The minimum atomic E-state index is 0.685. The van der Waals surface area contributed by atoms with Gasteiger partial charge in [0.15, 0.2) is 0 Å². The monoisotopic (exact) mass is 216 g/mol. The van der Waals surface area contributed by atoms with Gasteiger partial charge in [-0.15, -0.1) is 0 Å². The van der Waals surface area contributed by atoms with Gasteiger partial charge in [0.25, 0.3) is 0 Å². The highest BCUT2D eigenvalue weighted by Gasteiger charge is 2.09. The number of rotatable bonds is 3. The number of nitrogens with zero attached hydrogens (tertiary/aromatic N) is 4. The first kappa shape index (κ1) is 11.0. The van der Waals surface area contributed by atoms with Crippen molar-refractivity contribution in [2.75, 3.05) is 13.1 Å². The van der Waals surface area contributed by atoms with Crippen LogP contribution in [0.1, 0.15) is 24.8 Å². The maximum Gasteiger partial charge on any atom is 0.0375 e. The Kier molecular flexibility index (Phi) is 3.81. The first-order chi connectivity index (χ1) is 7.88. The van der Waals surface area contributed by atoms with Gasteiger partial charge in [-0.25, -0.2) is 0 Å². The van der Waals surface area contributed by atoms with E-state index in [9.17, 15) is 0 Å². The van der Waals surface area contributed by atoms with Gasteiger partial charge in [-0.05, 0) is 37.0 Å². The highest BCUT2D eigenvalue weighted by molar-refractivity contribution is 5.38. The van der Waals surface area contributed by atoms with Crippen LogP contribution in [0.5, 0.6) is 0 Å². The highest BCUT2D eigenvalue weighted by Crippen LogP contribution is 2.16. The van der Waals surface area contributed by atoms with Crippen LogP contribution in [0.2, 0.25) is 0 Å². The average molecular weight is 216 g/mol. The fraction of sp³-hybridized carbons (Fsp3) is 0.500. The Bertz CT molecular complexity index is 373. The maximum absolute atomic E-state index is 8.30. The van der Waals surface area contributed by atoms with Crippen LogP contribution in [0, 0.1) is 0 Å². The Labute approximate surface area is 95.5 Å². The van der Waals surface area contributed by atoms with E-state index in [1.165, 1.54) is 37.9 Å². The molecule has 0 unspecified atom stereocenters. The second kappa shape index (κ2) is 5.54. The Hall–Kier alpha value is -1.51. The first-order valence-electron chi connectivity index (χ1n) is 5.75. The second-order valence-electron chi connectivity index (χ2n) is 4.19. The predicted molar refractivity (Wildman–Crippen MR) is 64.4 cm³/mol. The molecule has 1 saturated heterocycles. The molecule has 0 bridgehead atoms. The van der Waals surface area contributed by atoms with E-state index in [1.807, 2.05) is 24.3 Å². The zero-order valence-electron chi connectivity index (χ0n) is 9.34. The van der Waals surface area contributed by atoms with E-state index in [1.54, 1.807) is 0 Å². The fourth-order valence-corrected chi connectivity index (χ4v) is 2.10. The predicted octanol–water partition coefficient (Wildman–Crippen LogP) is 3.61. The molecular formula is C12H16N4. The van der Waals surface area contributed by atoms with Crippen molar-refractivity contribution >= 4 is 5.69 Å². The average Bonchev–Trinajstić information content (AvgIpc) is 2.33. The number of hydrogen-bond donors (Lipinski definition) is 0. The Morgan fingerprint density at radius 2 is 1.81 bits per heavy atom. The van der Waals surface area contributed by atoms with Gasteiger partial charge in [0, 0.05) is 17.1 Å². The number of benzene rings is 1. The van der Waals surface area contributed by atoms with Gasteiger partial charge in [-0.2, -0.15) is 0 Å². The summed E-state index contributed by atoms with van der Waals surface area (Å²) in [6.07, 6.45) is 4.00. The minimum absolute atomic E-state index is 0.685. The lowest BCUT2D eigenvalue weighted by Gasteiger charge is -2.26. The molecule has 0 saturated carbocycles. The molecule has 1 aromatic carbocycles. The zero-order chi connectivity index (χ0) is 11.2. The molecule has 0 spiro atoms. The van der Waals surface area contributed by atoms with Crippen molar-refractivity contribution < 1.29 is 0 Å². The summed E-state index contributed by atoms with van der Waals surface area (Å²) in [5.41, 5.74) is 10.3. The van der Waals surface area contributed by atoms with Gasteiger partial charge in [0.1, 0.15) is 0 Å². The third kappa shape index (κ3) is 2.99. The number of piperidine rings is 1. The molecule has 1 aliphatic rings. The van der Waals surface area contributed by atoms with Gasteiger partial charge in [0.2, 0.25) is 0 Å². The number of azide groups is 1. The van der Waals surface area contributed by atoms with E-state index < -0.39 is 0 Å². The molecule has 2 rings (SSSR count). The summed E-state index contributed by atoms with van der Waals surface area (Å²) >= 11 is 0. The highest BCUT2D eigenvalue weighted by atomic mass is 15.1. The summed E-state index contributed by atoms with van der Waals surface area (Å²) in [6, 6.07) is 7.83. The molecule has 0 N–H and O–H groups in total. The van der Waals surface area contributed by atoms with Crippen LogP contribution in [-0.4, -0.2) is 18.0 Å². The van der Waals surface area contributed by atoms with Crippen LogP contribution in [0.15, 0.2) is 29.4 Å². The molecule has 0 aliphatic carbocycles. The molecule has 0 aromatic heterocycles. The summed E-state index contributed by atoms with van der Waals surface area (Å²) in [6.45, 7) is 3.42. The SMILES string of the molecule is [N-]=[N+]=Nc1ccc(CN2CCCCC2)cc1. The van der Waals surface area contributed by atoms with Crippen molar-refractivity contribution in [3.8, 4) is 0 Å². The van der Waals surface area contributed by atoms with Crippen LogP contribution in [-0.2, 0) is 6.54 Å². The van der Waals surface area contributed by atoms with E-state index in [0.717, 1.165) is 6.54 Å². The maximum atomic E-state index is 8.30. The minimum Gasteiger partial charge on any atom is -0.299 e. The Morgan fingerprint density at radius 3 is 2.44 bits per heavy atom. The van der Waals surface area contributed by atoms with Crippen molar-refractivity contribution in [3.63, 3.8) is 0 Å². The van der Waals surface area contributed by atoms with E-state index in [0.29, 0.717) is 5.69 Å². The van der Waals surface area contributed by atoms with Crippen LogP contribution >= 0.6 is 0 Å². The third-order valence-electron chi connectivity index (χ3n) is 2.95. The summed E-state index contributed by atoms with van der Waals surface area (Å²) < 4.78 is 0. The quantitative estimate of drug-likeness (QED) is 0.432. The van der Waals surface area contributed by atoms with Gasteiger partial charge in [-0.3, -0.25) is 4.90 Å². The van der Waals surface area contributed by atoms with Gasteiger partial charge >= 0.3 is 0 Å². The van der Waals surface area contributed by atoms with E-state index in [2.05, 4.69) is 14.9 Å². The smallest absolute Gasteiger partial charge is 0.0375 e. The van der Waals surface area contributed by atoms with E-state index >= 15 is 0 Å². The molecule has 1 aromatic rings. The molecular weight excluding hydrogens is 200 g/mol. The van der Waals surface area contributed by atoms with Crippen LogP contribution in [0.4, 0.5) is 5.69 Å². The molecule has 1 aliphatic heterocycles. The molecule has 1 heterocycles. The summed E-state index contributed by atoms with van der Waals surface area (Å²) in [4.78, 5) is 5.24. The lowest BCUT2D eigenvalue weighted by molar-refractivity contribution is 0.221. The van der Waals surface area contributed by atoms with Gasteiger partial charge < -0.3 is 0 Å². The molecule has 0 atom stereocenters. The van der Waals surface area contributed by atoms with Crippen LogP contribution < -0.4 is 0 Å². The topological polar surface area (TPSA) is 52.0 Å². The van der Waals surface area contributed by atoms with Crippen LogP contribution in [0.25, 0.3) is 10.4 Å². The first-order valence-corrected chi connectivity index (χ1v) is 5.75. The molecule has 84 valence electrons. The number of hydrogen-bond acceptors (Lipinski definition) is 2. The zero-order valence-corrected chi connectivity index (χ0v) is 9.34. The van der Waals surface area contributed by atoms with E-state index in [4.69, 9.17) is 5.53 Å². The lowest BCUT2D eigenvalue weighted by atomic mass is 10.1. The van der Waals surface area contributed by atoms with Crippen molar-refractivity contribution in [1.29, 1.82) is 0 Å². The van der Waals surface area contributed by atoms with Crippen molar-refractivity contribution in [2.24, 2.45) is 5.11 Å². The van der Waals surface area contributed by atoms with Gasteiger partial charge in [-0.1, -0.05) is 35.8 Å². The Balaban J connectivity index is 1.96. The molecule has 0 amide bonds. The summed E-state index contributed by atoms with van der Waals surface area (Å²) in [5, 5.41) is 3.56. The lowest BCUT2D eigenvalue weighted by Crippen LogP contribution is -2.28. The molecule has 4 nitrogen and oxygen atoms in total. The van der Waals surface area contributed by atoms with Crippen molar-refractivity contribution in [1.82, 2.24) is 4.90 Å². The molecule has 1 fully saturated rings. The van der Waals surface area contributed by atoms with Gasteiger partial charge in [0.05, 0.1) is 0 Å². The third-order valence-corrected chi connectivity index (χ3v) is 2.95. The summed E-state index contributed by atoms with van der Waals surface area (Å²) in [7, 11) is 0. The molecule has 16 heavy (non-hydrogen) atoms. The Morgan fingerprint density at radius 1 is 1.12 bits per heavy atom. The largest absolute Gasteiger partial charge is 0.299 e. The van der Waals surface area contributed by atoms with Crippen molar-refractivity contribution in [2.45, 2.75) is 25.8 Å². The fourth-order valence-electron chi connectivity index (χ4n) is 2.10. The second-order valence-corrected chi connectivity index (χ2v) is 4.19. The standard InChI is InChI=1S/C12H16N4/c13-15-14-12-6-4-11(5-7-12)10-16-8-2-1-3-9-16/h4-7H,1-3,8-10H2.